The summed E-state index contributed by atoms with van der Waals surface area (Å²) < 4.78 is 28.6. The number of unbranched alkanes of at least 4 members (excludes halogenated alkanes) is 7. The molecule has 0 spiro atoms. The number of nitrogens with zero attached hydrogens (tertiary/aromatic N) is 4. The Labute approximate surface area is 339 Å². The van der Waals surface area contributed by atoms with Gasteiger partial charge in [-0.3, -0.25) is 0 Å². The van der Waals surface area contributed by atoms with Crippen molar-refractivity contribution in [2.45, 2.75) is 83.8 Å². The van der Waals surface area contributed by atoms with E-state index in [1.54, 1.807) is 0 Å². The minimum atomic E-state index is -1.19. The summed E-state index contributed by atoms with van der Waals surface area (Å²) in [5.41, 5.74) is 4.02. The summed E-state index contributed by atoms with van der Waals surface area (Å²) >= 11 is 12.8. The quantitative estimate of drug-likeness (QED) is 0.0699. The average Bonchev–Trinajstić information content (AvgIpc) is 3.15. The van der Waals surface area contributed by atoms with Crippen LogP contribution in [-0.4, -0.2) is 84.8 Å². The number of fused-ring (bicyclic) bond motifs is 4. The molecule has 290 valence electrons. The van der Waals surface area contributed by atoms with Crippen LogP contribution in [0.3, 0.4) is 0 Å². The smallest absolute Gasteiger partial charge is 0.0892 e. The van der Waals surface area contributed by atoms with Crippen molar-refractivity contribution < 1.29 is 17.4 Å². The fourth-order valence-corrected chi connectivity index (χ4v) is 11.1. The summed E-state index contributed by atoms with van der Waals surface area (Å²) in [5.74, 6) is 0. The second-order valence-corrected chi connectivity index (χ2v) is 20.0. The van der Waals surface area contributed by atoms with Crippen LogP contribution in [0.25, 0.3) is 0 Å². The molecule has 2 atom stereocenters. The van der Waals surface area contributed by atoms with Crippen molar-refractivity contribution in [1.82, 2.24) is 0 Å². The van der Waals surface area contributed by atoms with Gasteiger partial charge in [-0.1, -0.05) is 73.2 Å². The van der Waals surface area contributed by atoms with Crippen LogP contribution in [0.15, 0.2) is 105 Å². The standard InChI is InChI=1S/C44H58Cl2N4O2S2/c1-49(2,31-17-27-47-37-19-11-13-21-41(37)53(51)43-25-23-35(45)33-39(43)47)29-15-9-7-5-6-8-10-16-30-50(3,4)32-18-28-48-38-20-12-14-22-42(38)54(52)44-26-24-36(46)34-40(44)48/h11-14,19-26,33-34H,5-10,15-18,27-32H2,1-4H3/q+2. The minimum absolute atomic E-state index is 0.678. The van der Waals surface area contributed by atoms with Crippen LogP contribution in [0, 0.1) is 0 Å². The number of anilines is 4. The molecule has 6 nitrogen and oxygen atoms in total. The van der Waals surface area contributed by atoms with E-state index in [4.69, 9.17) is 23.2 Å². The zero-order valence-electron chi connectivity index (χ0n) is 32.6. The second-order valence-electron chi connectivity index (χ2n) is 16.3. The molecule has 0 N–H and O–H groups in total. The Balaban J connectivity index is 0.838. The number of para-hydroxylation sites is 2. The Morgan fingerprint density at radius 1 is 0.444 bits per heavy atom. The van der Waals surface area contributed by atoms with Gasteiger partial charge in [0.1, 0.15) is 0 Å². The van der Waals surface area contributed by atoms with Gasteiger partial charge in [0, 0.05) is 36.0 Å². The third-order valence-electron chi connectivity index (χ3n) is 11.1. The first-order valence-electron chi connectivity index (χ1n) is 19.7. The lowest BCUT2D eigenvalue weighted by molar-refractivity contribution is -0.890. The van der Waals surface area contributed by atoms with Gasteiger partial charge in [0.05, 0.1) is 118 Å². The summed E-state index contributed by atoms with van der Waals surface area (Å²) in [6.07, 6.45) is 12.5. The maximum Gasteiger partial charge on any atom is 0.0892 e. The number of halogens is 2. The number of hydrogen-bond acceptors (Lipinski definition) is 4. The molecule has 0 saturated heterocycles. The normalized spacial score (nSPS) is 16.5. The summed E-state index contributed by atoms with van der Waals surface area (Å²) in [6.45, 7) is 6.34. The lowest BCUT2D eigenvalue weighted by atomic mass is 10.1. The van der Waals surface area contributed by atoms with E-state index >= 15 is 0 Å². The monoisotopic (exact) mass is 808 g/mol. The average molecular weight is 810 g/mol. The van der Waals surface area contributed by atoms with Crippen LogP contribution in [-0.2, 0) is 21.6 Å². The van der Waals surface area contributed by atoms with E-state index in [1.807, 2.05) is 72.8 Å². The van der Waals surface area contributed by atoms with Gasteiger partial charge in [-0.15, -0.1) is 0 Å². The fourth-order valence-electron chi connectivity index (χ4n) is 8.05. The van der Waals surface area contributed by atoms with E-state index in [0.29, 0.717) is 10.0 Å². The molecule has 2 aliphatic rings. The van der Waals surface area contributed by atoms with E-state index < -0.39 is 21.6 Å². The topological polar surface area (TPSA) is 40.6 Å². The molecule has 0 amide bonds. The third-order valence-corrected chi connectivity index (χ3v) is 14.6. The summed E-state index contributed by atoms with van der Waals surface area (Å²) in [6, 6.07) is 27.6. The second kappa shape index (κ2) is 18.5. The SMILES string of the molecule is C[N+](C)(CCCCCCCCCC[N+](C)(C)CCCN1c2ccccc2S(=O)c2ccc(Cl)cc21)CCCN1c2ccccc2S(=O)c2ccc(Cl)cc21. The van der Waals surface area contributed by atoms with E-state index in [-0.39, 0.29) is 0 Å². The molecule has 10 heteroatoms. The predicted octanol–water partition coefficient (Wildman–Crippen LogP) is 11.0. The molecule has 54 heavy (non-hydrogen) atoms. The number of hydrogen-bond donors (Lipinski definition) is 0. The molecule has 4 aromatic carbocycles. The highest BCUT2D eigenvalue weighted by Crippen LogP contribution is 2.44. The third kappa shape index (κ3) is 10.2. The highest BCUT2D eigenvalue weighted by atomic mass is 35.5. The molecule has 0 radical (unpaired) electrons. The van der Waals surface area contributed by atoms with Crippen LogP contribution >= 0.6 is 23.2 Å². The van der Waals surface area contributed by atoms with Gasteiger partial charge in [-0.2, -0.15) is 0 Å². The van der Waals surface area contributed by atoms with Crippen molar-refractivity contribution in [3.8, 4) is 0 Å². The van der Waals surface area contributed by atoms with Gasteiger partial charge in [-0.25, -0.2) is 8.42 Å². The number of quaternary nitrogens is 2. The van der Waals surface area contributed by atoms with Crippen LogP contribution in [0.5, 0.6) is 0 Å². The van der Waals surface area contributed by atoms with Crippen molar-refractivity contribution in [1.29, 1.82) is 0 Å². The van der Waals surface area contributed by atoms with Crippen molar-refractivity contribution in [3.05, 3.63) is 95.0 Å². The van der Waals surface area contributed by atoms with Gasteiger partial charge < -0.3 is 18.8 Å². The zero-order chi connectivity index (χ0) is 38.3. The largest absolute Gasteiger partial charge is 0.339 e. The van der Waals surface area contributed by atoms with Crippen molar-refractivity contribution >= 4 is 67.6 Å². The maximum atomic E-state index is 13.3. The van der Waals surface area contributed by atoms with Crippen molar-refractivity contribution in [2.75, 3.05) is 77.3 Å². The molecule has 0 saturated carbocycles. The Morgan fingerprint density at radius 2 is 0.778 bits per heavy atom. The Morgan fingerprint density at radius 3 is 1.19 bits per heavy atom. The molecule has 6 rings (SSSR count). The minimum Gasteiger partial charge on any atom is -0.339 e. The molecule has 2 aliphatic heterocycles. The first-order valence-corrected chi connectivity index (χ1v) is 22.8. The highest BCUT2D eigenvalue weighted by molar-refractivity contribution is 7.85. The molecule has 0 bridgehead atoms. The molecule has 4 aromatic rings. The lowest BCUT2D eigenvalue weighted by Crippen LogP contribution is -2.42. The Bertz CT molecular complexity index is 1810. The molecular formula is C44H58Cl2N4O2S2+2. The van der Waals surface area contributed by atoms with E-state index in [1.165, 1.54) is 64.5 Å². The Hall–Kier alpha value is -2.72. The van der Waals surface area contributed by atoms with Gasteiger partial charge in [0.15, 0.2) is 0 Å². The summed E-state index contributed by atoms with van der Waals surface area (Å²) in [4.78, 5) is 8.10. The fraction of sp³-hybridized carbons (Fsp3) is 0.455. The first kappa shape index (κ1) is 40.9. The van der Waals surface area contributed by atoms with Crippen molar-refractivity contribution in [3.63, 3.8) is 0 Å². The van der Waals surface area contributed by atoms with Crippen LogP contribution < -0.4 is 9.80 Å². The molecule has 0 aromatic heterocycles. The van der Waals surface area contributed by atoms with Gasteiger partial charge in [0.25, 0.3) is 0 Å². The van der Waals surface area contributed by atoms with Crippen LogP contribution in [0.4, 0.5) is 22.7 Å². The van der Waals surface area contributed by atoms with Crippen LogP contribution in [0.2, 0.25) is 10.0 Å². The van der Waals surface area contributed by atoms with Crippen molar-refractivity contribution in [2.24, 2.45) is 0 Å². The van der Waals surface area contributed by atoms with Crippen LogP contribution in [0.1, 0.15) is 64.2 Å². The maximum absolute atomic E-state index is 13.3. The molecular weight excluding hydrogens is 752 g/mol. The molecule has 0 aliphatic carbocycles. The van der Waals surface area contributed by atoms with E-state index in [0.717, 1.165) is 90.3 Å². The number of benzene rings is 4. The Kier molecular flexibility index (Phi) is 14.0. The summed E-state index contributed by atoms with van der Waals surface area (Å²) in [5, 5.41) is 1.36. The summed E-state index contributed by atoms with van der Waals surface area (Å²) in [7, 11) is 7.05. The predicted molar refractivity (Wildman–Crippen MR) is 229 cm³/mol. The molecule has 2 heterocycles. The van der Waals surface area contributed by atoms with Gasteiger partial charge >= 0.3 is 0 Å². The molecule has 2 unspecified atom stereocenters. The van der Waals surface area contributed by atoms with E-state index in [9.17, 15) is 8.42 Å². The number of rotatable bonds is 19. The highest BCUT2D eigenvalue weighted by Gasteiger charge is 2.30. The van der Waals surface area contributed by atoms with Gasteiger partial charge in [-0.05, 0) is 86.3 Å². The van der Waals surface area contributed by atoms with Gasteiger partial charge in [0.2, 0.25) is 0 Å². The molecule has 0 fully saturated rings. The van der Waals surface area contributed by atoms with E-state index in [2.05, 4.69) is 50.1 Å². The lowest BCUT2D eigenvalue weighted by Gasteiger charge is -2.35. The zero-order valence-corrected chi connectivity index (χ0v) is 35.7. The first-order chi connectivity index (χ1) is 25.9.